The number of alkyl halides is 3. The van der Waals surface area contributed by atoms with E-state index in [0.29, 0.717) is 12.0 Å². The van der Waals surface area contributed by atoms with E-state index in [1.54, 1.807) is 26.0 Å². The average molecular weight is 246 g/mol. The van der Waals surface area contributed by atoms with Crippen LogP contribution in [0.2, 0.25) is 0 Å². The number of aryl methyl sites for hydroxylation is 1. The van der Waals surface area contributed by atoms with Crippen LogP contribution in [0.3, 0.4) is 0 Å². The average Bonchev–Trinajstić information content (AvgIpc) is 2.29. The molecule has 0 aliphatic carbocycles. The maximum Gasteiger partial charge on any atom is 0.416 e. The minimum absolute atomic E-state index is 0.104. The fraction of sp³-hybridized carbons (Fsp3) is 0.462. The van der Waals surface area contributed by atoms with Gasteiger partial charge in [0.05, 0.1) is 5.56 Å². The molecule has 96 valence electrons. The van der Waals surface area contributed by atoms with Crippen molar-refractivity contribution in [2.45, 2.75) is 39.3 Å². The second kappa shape index (κ2) is 6.42. The van der Waals surface area contributed by atoms with E-state index < -0.39 is 11.7 Å². The van der Waals surface area contributed by atoms with Crippen molar-refractivity contribution in [3.05, 3.63) is 34.9 Å². The standard InChI is InChI=1S/C12H15F3.CH2O/c1-4-9-5-6-10(8(2)3)11(7-9)12(13,14)15;1-2/h5-8H,4H2,1-3H3;1H2. The summed E-state index contributed by atoms with van der Waals surface area (Å²) < 4.78 is 38.2. The highest BCUT2D eigenvalue weighted by Crippen LogP contribution is 2.35. The topological polar surface area (TPSA) is 17.1 Å². The molecule has 1 nitrogen and oxygen atoms in total. The van der Waals surface area contributed by atoms with Gasteiger partial charge in [0.2, 0.25) is 0 Å². The molecule has 0 aromatic heterocycles. The van der Waals surface area contributed by atoms with Crippen molar-refractivity contribution >= 4 is 6.79 Å². The summed E-state index contributed by atoms with van der Waals surface area (Å²) in [5, 5.41) is 0. The lowest BCUT2D eigenvalue weighted by atomic mass is 9.94. The number of benzene rings is 1. The summed E-state index contributed by atoms with van der Waals surface area (Å²) in [6.45, 7) is 7.40. The van der Waals surface area contributed by atoms with Gasteiger partial charge in [0.25, 0.3) is 0 Å². The van der Waals surface area contributed by atoms with Gasteiger partial charge >= 0.3 is 6.18 Å². The monoisotopic (exact) mass is 246 g/mol. The quantitative estimate of drug-likeness (QED) is 0.764. The van der Waals surface area contributed by atoms with Gasteiger partial charge in [0.1, 0.15) is 6.79 Å². The summed E-state index contributed by atoms with van der Waals surface area (Å²) in [5.74, 6) is -0.104. The first-order valence-electron chi connectivity index (χ1n) is 5.35. The SMILES string of the molecule is C=O.CCc1ccc(C(C)C)c(C(F)(F)F)c1. The Morgan fingerprint density at radius 3 is 2.12 bits per heavy atom. The van der Waals surface area contributed by atoms with E-state index in [1.807, 2.05) is 13.7 Å². The first kappa shape index (κ1) is 15.7. The van der Waals surface area contributed by atoms with E-state index >= 15 is 0 Å². The van der Waals surface area contributed by atoms with E-state index in [9.17, 15) is 13.2 Å². The van der Waals surface area contributed by atoms with Crippen molar-refractivity contribution in [1.82, 2.24) is 0 Å². The molecule has 0 heterocycles. The van der Waals surface area contributed by atoms with E-state index in [-0.39, 0.29) is 5.92 Å². The van der Waals surface area contributed by atoms with Crippen molar-refractivity contribution < 1.29 is 18.0 Å². The Kier molecular flexibility index (Phi) is 5.93. The highest BCUT2D eigenvalue weighted by molar-refractivity contribution is 5.36. The van der Waals surface area contributed by atoms with Crippen molar-refractivity contribution in [3.63, 3.8) is 0 Å². The Balaban J connectivity index is 0.00000121. The molecule has 0 unspecified atom stereocenters. The number of hydrogen-bond donors (Lipinski definition) is 0. The fourth-order valence-corrected chi connectivity index (χ4v) is 1.57. The zero-order chi connectivity index (χ0) is 13.6. The lowest BCUT2D eigenvalue weighted by Crippen LogP contribution is -2.10. The third-order valence-corrected chi connectivity index (χ3v) is 2.45. The summed E-state index contributed by atoms with van der Waals surface area (Å²) in [5.41, 5.74) is 0.614. The van der Waals surface area contributed by atoms with Crippen LogP contribution in [-0.2, 0) is 17.4 Å². The third-order valence-electron chi connectivity index (χ3n) is 2.45. The summed E-state index contributed by atoms with van der Waals surface area (Å²) in [4.78, 5) is 8.00. The lowest BCUT2D eigenvalue weighted by Gasteiger charge is -2.16. The first-order chi connectivity index (χ1) is 7.86. The number of hydrogen-bond acceptors (Lipinski definition) is 1. The van der Waals surface area contributed by atoms with Crippen LogP contribution in [0.1, 0.15) is 43.4 Å². The van der Waals surface area contributed by atoms with Crippen molar-refractivity contribution in [2.24, 2.45) is 0 Å². The second-order valence-corrected chi connectivity index (χ2v) is 3.93. The van der Waals surface area contributed by atoms with Crippen LogP contribution >= 0.6 is 0 Å². The molecule has 0 saturated carbocycles. The van der Waals surface area contributed by atoms with Crippen LogP contribution < -0.4 is 0 Å². The van der Waals surface area contributed by atoms with Crippen molar-refractivity contribution in [2.75, 3.05) is 0 Å². The second-order valence-electron chi connectivity index (χ2n) is 3.93. The molecule has 1 rings (SSSR count). The Morgan fingerprint density at radius 1 is 1.24 bits per heavy atom. The molecule has 0 amide bonds. The van der Waals surface area contributed by atoms with E-state index in [4.69, 9.17) is 4.79 Å². The van der Waals surface area contributed by atoms with E-state index in [0.717, 1.165) is 5.56 Å². The maximum absolute atomic E-state index is 12.7. The minimum atomic E-state index is -4.25. The Labute approximate surface area is 99.6 Å². The number of rotatable bonds is 2. The third kappa shape index (κ3) is 4.21. The molecule has 0 fully saturated rings. The molecule has 0 atom stereocenters. The summed E-state index contributed by atoms with van der Waals surface area (Å²) in [6, 6.07) is 4.62. The van der Waals surface area contributed by atoms with Crippen LogP contribution in [0.15, 0.2) is 18.2 Å². The van der Waals surface area contributed by atoms with Gasteiger partial charge in [0, 0.05) is 0 Å². The van der Waals surface area contributed by atoms with Crippen LogP contribution in [0.5, 0.6) is 0 Å². The van der Waals surface area contributed by atoms with E-state index in [2.05, 4.69) is 0 Å². The molecule has 17 heavy (non-hydrogen) atoms. The van der Waals surface area contributed by atoms with Crippen molar-refractivity contribution in [1.29, 1.82) is 0 Å². The van der Waals surface area contributed by atoms with Gasteiger partial charge in [-0.3, -0.25) is 0 Å². The first-order valence-corrected chi connectivity index (χ1v) is 5.35. The Hall–Kier alpha value is -1.32. The van der Waals surface area contributed by atoms with Gasteiger partial charge in [-0.15, -0.1) is 0 Å². The Morgan fingerprint density at radius 2 is 1.76 bits per heavy atom. The molecule has 0 aliphatic rings. The zero-order valence-corrected chi connectivity index (χ0v) is 10.3. The molecular weight excluding hydrogens is 229 g/mol. The van der Waals surface area contributed by atoms with Crippen molar-refractivity contribution in [3.8, 4) is 0 Å². The molecule has 0 spiro atoms. The largest absolute Gasteiger partial charge is 0.416 e. The van der Waals surface area contributed by atoms with Crippen LogP contribution in [0.4, 0.5) is 13.2 Å². The molecule has 0 radical (unpaired) electrons. The lowest BCUT2D eigenvalue weighted by molar-refractivity contribution is -0.138. The van der Waals surface area contributed by atoms with Gasteiger partial charge < -0.3 is 4.79 Å². The van der Waals surface area contributed by atoms with Gasteiger partial charge in [0.15, 0.2) is 0 Å². The predicted octanol–water partition coefficient (Wildman–Crippen LogP) is 4.21. The molecule has 0 saturated heterocycles. The number of carbonyl (C=O) groups is 1. The van der Waals surface area contributed by atoms with Gasteiger partial charge in [-0.25, -0.2) is 0 Å². The van der Waals surface area contributed by atoms with Crippen LogP contribution in [0, 0.1) is 0 Å². The molecule has 0 N–H and O–H groups in total. The molecule has 0 bridgehead atoms. The maximum atomic E-state index is 12.7. The van der Waals surface area contributed by atoms with Crippen LogP contribution in [0.25, 0.3) is 0 Å². The molecule has 0 aliphatic heterocycles. The van der Waals surface area contributed by atoms with E-state index in [1.165, 1.54) is 6.07 Å². The summed E-state index contributed by atoms with van der Waals surface area (Å²) in [6.07, 6.45) is -3.62. The van der Waals surface area contributed by atoms with Gasteiger partial charge in [-0.2, -0.15) is 13.2 Å². The summed E-state index contributed by atoms with van der Waals surface area (Å²) in [7, 11) is 0. The number of carbonyl (C=O) groups excluding carboxylic acids is 1. The highest BCUT2D eigenvalue weighted by Gasteiger charge is 2.33. The summed E-state index contributed by atoms with van der Waals surface area (Å²) >= 11 is 0. The normalized spacial score (nSPS) is 11.0. The molecule has 4 heteroatoms. The smallest absolute Gasteiger partial charge is 0.307 e. The molecular formula is C13H17F3O. The molecule has 1 aromatic rings. The predicted molar refractivity (Wildman–Crippen MR) is 62.0 cm³/mol. The fourth-order valence-electron chi connectivity index (χ4n) is 1.57. The highest BCUT2D eigenvalue weighted by atomic mass is 19.4. The molecule has 1 aromatic carbocycles. The van der Waals surface area contributed by atoms with Crippen LogP contribution in [-0.4, -0.2) is 6.79 Å². The van der Waals surface area contributed by atoms with Gasteiger partial charge in [-0.1, -0.05) is 32.9 Å². The Bertz CT molecular complexity index is 356. The van der Waals surface area contributed by atoms with Gasteiger partial charge in [-0.05, 0) is 29.5 Å². The number of halogens is 3. The zero-order valence-electron chi connectivity index (χ0n) is 10.3. The minimum Gasteiger partial charge on any atom is -0.307 e.